The van der Waals surface area contributed by atoms with Gasteiger partial charge in [-0.15, -0.1) is 0 Å². The molecule has 6 nitrogen and oxygen atoms in total. The van der Waals surface area contributed by atoms with Gasteiger partial charge in [-0.05, 0) is 50.6 Å². The Bertz CT molecular complexity index is 760. The second kappa shape index (κ2) is 8.28. The minimum absolute atomic E-state index is 0.0700. The Balaban J connectivity index is 1.98. The number of aryl methyl sites for hydroxylation is 1. The van der Waals surface area contributed by atoms with E-state index < -0.39 is 12.1 Å². The highest BCUT2D eigenvalue weighted by atomic mass is 16.5. The average Bonchev–Trinajstić information content (AvgIpc) is 3.01. The van der Waals surface area contributed by atoms with E-state index in [0.29, 0.717) is 29.0 Å². The van der Waals surface area contributed by atoms with Crippen molar-refractivity contribution in [1.29, 1.82) is 0 Å². The predicted molar refractivity (Wildman–Crippen MR) is 92.6 cm³/mol. The van der Waals surface area contributed by atoms with Gasteiger partial charge in [-0.25, -0.2) is 4.79 Å². The third-order valence-corrected chi connectivity index (χ3v) is 3.66. The molecule has 1 amide bonds. The number of esters is 1. The van der Waals surface area contributed by atoms with Crippen molar-refractivity contribution in [2.24, 2.45) is 0 Å². The van der Waals surface area contributed by atoms with Crippen LogP contribution in [0.1, 0.15) is 53.2 Å². The first-order valence-corrected chi connectivity index (χ1v) is 8.11. The van der Waals surface area contributed by atoms with Crippen LogP contribution in [-0.2, 0) is 9.53 Å². The highest BCUT2D eigenvalue weighted by Gasteiger charge is 2.22. The molecule has 2 aromatic rings. The molecule has 0 aliphatic carbocycles. The first kappa shape index (κ1) is 18.4. The van der Waals surface area contributed by atoms with E-state index in [4.69, 9.17) is 9.15 Å². The zero-order valence-corrected chi connectivity index (χ0v) is 14.5. The lowest BCUT2D eigenvalue weighted by molar-refractivity contribution is -0.116. The number of rotatable bonds is 7. The largest absolute Gasteiger partial charge is 0.469 e. The van der Waals surface area contributed by atoms with Crippen LogP contribution < -0.4 is 5.32 Å². The number of Topliss-reactive ketones (excluding diaryl/α,β-unsaturated/α-hetero) is 1. The fourth-order valence-corrected chi connectivity index (χ4v) is 2.28. The molecule has 0 saturated carbocycles. The summed E-state index contributed by atoms with van der Waals surface area (Å²) in [6.45, 7) is 5.09. The normalized spacial score (nSPS) is 11.6. The van der Waals surface area contributed by atoms with E-state index in [9.17, 15) is 14.4 Å². The lowest BCUT2D eigenvalue weighted by Gasteiger charge is -2.12. The van der Waals surface area contributed by atoms with Crippen LogP contribution in [0.3, 0.4) is 0 Å². The lowest BCUT2D eigenvalue weighted by Crippen LogP contribution is -2.24. The van der Waals surface area contributed by atoms with E-state index >= 15 is 0 Å². The molecule has 0 aliphatic rings. The third kappa shape index (κ3) is 4.79. The van der Waals surface area contributed by atoms with Gasteiger partial charge in [0.25, 0.3) is 0 Å². The molecule has 2 rings (SSSR count). The monoisotopic (exact) mass is 343 g/mol. The molecule has 0 unspecified atom stereocenters. The highest BCUT2D eigenvalue weighted by molar-refractivity contribution is 6.02. The molecular formula is C19H21NO5. The Morgan fingerprint density at radius 2 is 1.84 bits per heavy atom. The molecule has 6 heteroatoms. The predicted octanol–water partition coefficient (Wildman–Crippen LogP) is 3.75. The maximum Gasteiger partial charge on any atom is 0.342 e. The van der Waals surface area contributed by atoms with E-state index in [1.54, 1.807) is 31.2 Å². The van der Waals surface area contributed by atoms with Crippen LogP contribution in [0.2, 0.25) is 0 Å². The smallest absolute Gasteiger partial charge is 0.342 e. The Hall–Kier alpha value is -2.89. The lowest BCUT2D eigenvalue weighted by atomic mass is 10.1. The summed E-state index contributed by atoms with van der Waals surface area (Å²) in [6.07, 6.45) is 1.68. The number of furan rings is 1. The number of ether oxygens (including phenoxy) is 1. The number of carbonyl (C=O) groups excluding carboxylic acids is 3. The number of amides is 1. The van der Waals surface area contributed by atoms with Crippen molar-refractivity contribution >= 4 is 23.3 Å². The summed E-state index contributed by atoms with van der Waals surface area (Å²) in [7, 11) is 0. The SMILES string of the molecule is CCCC(=O)Nc1ccc(C(=O)[C@H](C)OC(=O)c2ccoc2C)cc1. The van der Waals surface area contributed by atoms with E-state index in [1.807, 2.05) is 6.92 Å². The number of benzene rings is 1. The molecule has 1 atom stereocenters. The van der Waals surface area contributed by atoms with E-state index in [0.717, 1.165) is 6.42 Å². The molecule has 0 saturated heterocycles. The minimum Gasteiger partial charge on any atom is -0.469 e. The van der Waals surface area contributed by atoms with Gasteiger partial charge in [-0.2, -0.15) is 0 Å². The van der Waals surface area contributed by atoms with E-state index in [1.165, 1.54) is 19.3 Å². The van der Waals surface area contributed by atoms with Crippen LogP contribution >= 0.6 is 0 Å². The summed E-state index contributed by atoms with van der Waals surface area (Å²) in [5.41, 5.74) is 1.32. The number of anilines is 1. The van der Waals surface area contributed by atoms with Crippen LogP contribution in [0.25, 0.3) is 0 Å². The van der Waals surface area contributed by atoms with Crippen molar-refractivity contribution in [1.82, 2.24) is 0 Å². The van der Waals surface area contributed by atoms with Crippen molar-refractivity contribution in [3.8, 4) is 0 Å². The Kier molecular flexibility index (Phi) is 6.11. The molecule has 25 heavy (non-hydrogen) atoms. The third-order valence-electron chi connectivity index (χ3n) is 3.66. The van der Waals surface area contributed by atoms with Gasteiger partial charge in [-0.1, -0.05) is 6.92 Å². The number of hydrogen-bond acceptors (Lipinski definition) is 5. The summed E-state index contributed by atoms with van der Waals surface area (Å²) in [4.78, 5) is 36.0. The van der Waals surface area contributed by atoms with E-state index in [2.05, 4.69) is 5.32 Å². The summed E-state index contributed by atoms with van der Waals surface area (Å²) in [6, 6.07) is 7.99. The molecule has 1 heterocycles. The first-order chi connectivity index (χ1) is 11.9. The quantitative estimate of drug-likeness (QED) is 0.611. The topological polar surface area (TPSA) is 85.6 Å². The van der Waals surface area contributed by atoms with Crippen molar-refractivity contribution in [2.75, 3.05) is 5.32 Å². The zero-order chi connectivity index (χ0) is 18.4. The maximum atomic E-state index is 12.4. The Morgan fingerprint density at radius 1 is 1.16 bits per heavy atom. The molecule has 0 bridgehead atoms. The van der Waals surface area contributed by atoms with E-state index in [-0.39, 0.29) is 11.7 Å². The van der Waals surface area contributed by atoms with Crippen LogP contribution in [-0.4, -0.2) is 23.8 Å². The van der Waals surface area contributed by atoms with Gasteiger partial charge in [0.05, 0.1) is 6.26 Å². The molecule has 1 aromatic carbocycles. The van der Waals surface area contributed by atoms with Crippen molar-refractivity contribution in [3.63, 3.8) is 0 Å². The Labute approximate surface area is 146 Å². The van der Waals surface area contributed by atoms with Crippen LogP contribution in [0.4, 0.5) is 5.69 Å². The second-order valence-corrected chi connectivity index (χ2v) is 5.68. The zero-order valence-electron chi connectivity index (χ0n) is 14.5. The van der Waals surface area contributed by atoms with Gasteiger partial charge in [-0.3, -0.25) is 9.59 Å². The molecule has 1 N–H and O–H groups in total. The summed E-state index contributed by atoms with van der Waals surface area (Å²) in [5.74, 6) is -0.548. The van der Waals surface area contributed by atoms with Crippen molar-refractivity contribution in [3.05, 3.63) is 53.5 Å². The molecule has 0 aliphatic heterocycles. The van der Waals surface area contributed by atoms with Crippen LogP contribution in [0, 0.1) is 6.92 Å². The first-order valence-electron chi connectivity index (χ1n) is 8.11. The van der Waals surface area contributed by atoms with Gasteiger partial charge >= 0.3 is 5.97 Å². The molecule has 132 valence electrons. The molecule has 0 radical (unpaired) electrons. The number of hydrogen-bond donors (Lipinski definition) is 1. The van der Waals surface area contributed by atoms with Gasteiger partial charge in [0.15, 0.2) is 6.10 Å². The second-order valence-electron chi connectivity index (χ2n) is 5.68. The highest BCUT2D eigenvalue weighted by Crippen LogP contribution is 2.15. The summed E-state index contributed by atoms with van der Waals surface area (Å²) < 4.78 is 10.3. The minimum atomic E-state index is -0.928. The molecule has 0 fully saturated rings. The molecule has 0 spiro atoms. The average molecular weight is 343 g/mol. The maximum absolute atomic E-state index is 12.4. The van der Waals surface area contributed by atoms with Gasteiger partial charge in [0, 0.05) is 17.7 Å². The standard InChI is InChI=1S/C19H21NO5/c1-4-5-17(21)20-15-8-6-14(7-9-15)18(22)13(3)25-19(23)16-10-11-24-12(16)2/h6-11,13H,4-5H2,1-3H3,(H,20,21)/t13-/m0/s1. The van der Waals surface area contributed by atoms with Gasteiger partial charge in [0.1, 0.15) is 11.3 Å². The van der Waals surface area contributed by atoms with Crippen molar-refractivity contribution in [2.45, 2.75) is 39.7 Å². The van der Waals surface area contributed by atoms with Gasteiger partial charge < -0.3 is 14.5 Å². The van der Waals surface area contributed by atoms with Gasteiger partial charge in [0.2, 0.25) is 11.7 Å². The fraction of sp³-hybridized carbons (Fsp3) is 0.316. The molecular weight excluding hydrogens is 322 g/mol. The Morgan fingerprint density at radius 3 is 2.40 bits per heavy atom. The number of carbonyl (C=O) groups is 3. The summed E-state index contributed by atoms with van der Waals surface area (Å²) >= 11 is 0. The summed E-state index contributed by atoms with van der Waals surface area (Å²) in [5, 5.41) is 2.75. The molecule has 1 aromatic heterocycles. The number of ketones is 1. The van der Waals surface area contributed by atoms with Crippen molar-refractivity contribution < 1.29 is 23.5 Å². The fourth-order valence-electron chi connectivity index (χ4n) is 2.28. The van der Waals surface area contributed by atoms with Crippen LogP contribution in [0.5, 0.6) is 0 Å². The van der Waals surface area contributed by atoms with Crippen LogP contribution in [0.15, 0.2) is 41.0 Å². The number of nitrogens with one attached hydrogen (secondary N) is 1.